The molecule has 2 fully saturated rings. The summed E-state index contributed by atoms with van der Waals surface area (Å²) in [5, 5.41) is 13.0. The van der Waals surface area contributed by atoms with Gasteiger partial charge in [0.1, 0.15) is 0 Å². The fraction of sp³-hybridized carbons (Fsp3) is 0.917. The molecular formula is C12H23N3O2. The van der Waals surface area contributed by atoms with Crippen LogP contribution in [0.3, 0.4) is 0 Å². The molecule has 2 N–H and O–H groups in total. The minimum Gasteiger partial charge on any atom is -0.391 e. The van der Waals surface area contributed by atoms with Crippen LogP contribution in [0.5, 0.6) is 0 Å². The van der Waals surface area contributed by atoms with Gasteiger partial charge in [-0.15, -0.1) is 0 Å². The van der Waals surface area contributed by atoms with Gasteiger partial charge in [-0.1, -0.05) is 0 Å². The maximum absolute atomic E-state index is 12.3. The molecule has 5 heteroatoms. The van der Waals surface area contributed by atoms with E-state index < -0.39 is 0 Å². The Morgan fingerprint density at radius 2 is 2.29 bits per heavy atom. The van der Waals surface area contributed by atoms with Crippen molar-refractivity contribution in [1.82, 2.24) is 15.1 Å². The van der Waals surface area contributed by atoms with E-state index in [0.29, 0.717) is 13.0 Å². The van der Waals surface area contributed by atoms with Crippen LogP contribution in [0.25, 0.3) is 0 Å². The number of nitrogens with zero attached hydrogens (tertiary/aromatic N) is 2. The first-order valence-corrected chi connectivity index (χ1v) is 6.42. The van der Waals surface area contributed by atoms with Crippen molar-refractivity contribution in [3.05, 3.63) is 0 Å². The van der Waals surface area contributed by atoms with E-state index in [4.69, 9.17) is 0 Å². The lowest BCUT2D eigenvalue weighted by Crippen LogP contribution is -2.44. The maximum Gasteiger partial charge on any atom is 0.227 e. The Balaban J connectivity index is 1.98. The first-order chi connectivity index (χ1) is 8.08. The van der Waals surface area contributed by atoms with Gasteiger partial charge in [0, 0.05) is 25.7 Å². The maximum atomic E-state index is 12.3. The first-order valence-electron chi connectivity index (χ1n) is 6.42. The zero-order chi connectivity index (χ0) is 12.4. The number of amides is 1. The molecule has 2 rings (SSSR count). The molecule has 1 amide bonds. The van der Waals surface area contributed by atoms with E-state index in [0.717, 1.165) is 26.1 Å². The largest absolute Gasteiger partial charge is 0.391 e. The van der Waals surface area contributed by atoms with Crippen molar-refractivity contribution in [2.45, 2.75) is 25.0 Å². The number of aliphatic hydroxyl groups excluding tert-OH is 1. The average molecular weight is 241 g/mol. The molecule has 0 spiro atoms. The summed E-state index contributed by atoms with van der Waals surface area (Å²) in [4.78, 5) is 16.3. The Morgan fingerprint density at radius 1 is 1.53 bits per heavy atom. The number of aliphatic hydroxyl groups is 1. The highest BCUT2D eigenvalue weighted by atomic mass is 16.3. The van der Waals surface area contributed by atoms with Gasteiger partial charge in [-0.25, -0.2) is 0 Å². The molecule has 2 heterocycles. The zero-order valence-corrected chi connectivity index (χ0v) is 10.7. The Hall–Kier alpha value is -0.650. The summed E-state index contributed by atoms with van der Waals surface area (Å²) >= 11 is 0. The van der Waals surface area contributed by atoms with Crippen LogP contribution >= 0.6 is 0 Å². The summed E-state index contributed by atoms with van der Waals surface area (Å²) in [5.74, 6) is 0.336. The number of likely N-dealkylation sites (N-methyl/N-ethyl adjacent to an activating group) is 1. The van der Waals surface area contributed by atoms with Gasteiger partial charge < -0.3 is 20.2 Å². The SMILES string of the molecule is CN(C)CC1CC(O)CN1C(=O)C1CCNC1. The molecule has 0 bridgehead atoms. The molecule has 5 nitrogen and oxygen atoms in total. The van der Waals surface area contributed by atoms with Crippen molar-refractivity contribution in [2.75, 3.05) is 40.3 Å². The summed E-state index contributed by atoms with van der Waals surface area (Å²) in [5.41, 5.74) is 0. The highest BCUT2D eigenvalue weighted by Gasteiger charge is 2.37. The molecule has 3 unspecified atom stereocenters. The van der Waals surface area contributed by atoms with Crippen molar-refractivity contribution in [2.24, 2.45) is 5.92 Å². The summed E-state index contributed by atoms with van der Waals surface area (Å²) in [6, 6.07) is 0.174. The van der Waals surface area contributed by atoms with E-state index >= 15 is 0 Å². The number of carbonyl (C=O) groups is 1. The van der Waals surface area contributed by atoms with Crippen LogP contribution in [0.15, 0.2) is 0 Å². The van der Waals surface area contributed by atoms with E-state index in [1.54, 1.807) is 0 Å². The Bertz CT molecular complexity index is 277. The van der Waals surface area contributed by atoms with Crippen LogP contribution in [-0.4, -0.2) is 73.2 Å². The molecule has 0 radical (unpaired) electrons. The third kappa shape index (κ3) is 2.97. The topological polar surface area (TPSA) is 55.8 Å². The van der Waals surface area contributed by atoms with Crippen molar-refractivity contribution in [1.29, 1.82) is 0 Å². The predicted octanol–water partition coefficient (Wildman–Crippen LogP) is -0.881. The molecule has 2 aliphatic rings. The summed E-state index contributed by atoms with van der Waals surface area (Å²) in [6.07, 6.45) is 1.29. The van der Waals surface area contributed by atoms with E-state index in [1.165, 1.54) is 0 Å². The predicted molar refractivity (Wildman–Crippen MR) is 65.7 cm³/mol. The number of nitrogens with one attached hydrogen (secondary N) is 1. The van der Waals surface area contributed by atoms with Gasteiger partial charge in [-0.05, 0) is 33.5 Å². The van der Waals surface area contributed by atoms with Gasteiger partial charge in [0.2, 0.25) is 5.91 Å². The zero-order valence-electron chi connectivity index (χ0n) is 10.7. The number of hydrogen-bond donors (Lipinski definition) is 2. The Labute approximate surface area is 103 Å². The second-order valence-corrected chi connectivity index (χ2v) is 5.49. The number of likely N-dealkylation sites (tertiary alicyclic amines) is 1. The fourth-order valence-corrected chi connectivity index (χ4v) is 2.86. The van der Waals surface area contributed by atoms with Crippen LogP contribution in [0.1, 0.15) is 12.8 Å². The number of hydrogen-bond acceptors (Lipinski definition) is 4. The van der Waals surface area contributed by atoms with Gasteiger partial charge >= 0.3 is 0 Å². The van der Waals surface area contributed by atoms with Crippen LogP contribution in [-0.2, 0) is 4.79 Å². The van der Waals surface area contributed by atoms with Crippen molar-refractivity contribution in [3.63, 3.8) is 0 Å². The molecule has 0 aromatic rings. The molecule has 0 aliphatic carbocycles. The van der Waals surface area contributed by atoms with Crippen LogP contribution < -0.4 is 5.32 Å². The molecule has 0 saturated carbocycles. The average Bonchev–Trinajstić information content (AvgIpc) is 2.85. The third-order valence-electron chi connectivity index (χ3n) is 3.66. The fourth-order valence-electron chi connectivity index (χ4n) is 2.86. The van der Waals surface area contributed by atoms with Crippen LogP contribution in [0.4, 0.5) is 0 Å². The molecule has 2 aliphatic heterocycles. The summed E-state index contributed by atoms with van der Waals surface area (Å²) < 4.78 is 0. The first kappa shape index (κ1) is 12.8. The summed E-state index contributed by atoms with van der Waals surface area (Å²) in [7, 11) is 4.01. The monoisotopic (exact) mass is 241 g/mol. The van der Waals surface area contributed by atoms with Gasteiger partial charge in [0.15, 0.2) is 0 Å². The van der Waals surface area contributed by atoms with E-state index in [2.05, 4.69) is 10.2 Å². The highest BCUT2D eigenvalue weighted by molar-refractivity contribution is 5.80. The smallest absolute Gasteiger partial charge is 0.227 e. The minimum absolute atomic E-state index is 0.116. The Morgan fingerprint density at radius 3 is 2.88 bits per heavy atom. The molecule has 17 heavy (non-hydrogen) atoms. The highest BCUT2D eigenvalue weighted by Crippen LogP contribution is 2.22. The van der Waals surface area contributed by atoms with Crippen LogP contribution in [0.2, 0.25) is 0 Å². The van der Waals surface area contributed by atoms with Gasteiger partial charge in [-0.3, -0.25) is 4.79 Å². The van der Waals surface area contributed by atoms with Crippen molar-refractivity contribution < 1.29 is 9.90 Å². The second-order valence-electron chi connectivity index (χ2n) is 5.49. The molecule has 3 atom stereocenters. The molecule has 0 aromatic heterocycles. The van der Waals surface area contributed by atoms with Gasteiger partial charge in [0.25, 0.3) is 0 Å². The lowest BCUT2D eigenvalue weighted by Gasteiger charge is -2.28. The van der Waals surface area contributed by atoms with E-state index in [-0.39, 0.29) is 24.0 Å². The van der Waals surface area contributed by atoms with Crippen molar-refractivity contribution in [3.8, 4) is 0 Å². The number of β-amino-alcohol motifs (C(OH)–C–C–N with tert-alkyl or cyclic N) is 1. The van der Waals surface area contributed by atoms with E-state index in [9.17, 15) is 9.90 Å². The molecule has 2 saturated heterocycles. The Kier molecular flexibility index (Phi) is 4.01. The molecule has 98 valence electrons. The van der Waals surface area contributed by atoms with Crippen LogP contribution in [0, 0.1) is 5.92 Å². The normalized spacial score (nSPS) is 33.6. The minimum atomic E-state index is -0.349. The molecule has 0 aromatic carbocycles. The summed E-state index contributed by atoms with van der Waals surface area (Å²) in [6.45, 7) is 3.07. The lowest BCUT2D eigenvalue weighted by molar-refractivity contribution is -0.136. The lowest BCUT2D eigenvalue weighted by atomic mass is 10.1. The standard InChI is InChI=1S/C12H23N3O2/c1-14(2)7-10-5-11(16)8-15(10)12(17)9-3-4-13-6-9/h9-11,13,16H,3-8H2,1-2H3. The molecular weight excluding hydrogens is 218 g/mol. The number of carbonyl (C=O) groups excluding carboxylic acids is 1. The number of rotatable bonds is 3. The van der Waals surface area contributed by atoms with Gasteiger partial charge in [0.05, 0.1) is 12.0 Å². The quantitative estimate of drug-likeness (QED) is 0.674. The third-order valence-corrected chi connectivity index (χ3v) is 3.66. The second kappa shape index (κ2) is 5.33. The van der Waals surface area contributed by atoms with E-state index in [1.807, 2.05) is 19.0 Å². The van der Waals surface area contributed by atoms with Gasteiger partial charge in [-0.2, -0.15) is 0 Å². The van der Waals surface area contributed by atoms with Crippen molar-refractivity contribution >= 4 is 5.91 Å².